The van der Waals surface area contributed by atoms with Gasteiger partial charge in [-0.2, -0.15) is 4.80 Å². The van der Waals surface area contributed by atoms with Crippen LogP contribution >= 0.6 is 15.9 Å². The highest BCUT2D eigenvalue weighted by Crippen LogP contribution is 1.91. The number of nitrogens with zero attached hydrogens (tertiary/aromatic N) is 4. The van der Waals surface area contributed by atoms with E-state index in [1.807, 2.05) is 0 Å². The van der Waals surface area contributed by atoms with Crippen LogP contribution in [0.3, 0.4) is 0 Å². The summed E-state index contributed by atoms with van der Waals surface area (Å²) in [6, 6.07) is 0. The molecule has 0 saturated carbocycles. The molecule has 0 N–H and O–H groups in total. The molecular formula is C4H5BrN4O. The molecule has 1 aromatic heterocycles. The molecule has 54 valence electrons. The first-order valence-corrected chi connectivity index (χ1v) is 3.69. The topological polar surface area (TPSA) is 60.7 Å². The number of hydrogen-bond donors (Lipinski definition) is 0. The van der Waals surface area contributed by atoms with E-state index in [2.05, 4.69) is 31.3 Å². The van der Waals surface area contributed by atoms with E-state index in [9.17, 15) is 4.79 Å². The Morgan fingerprint density at radius 1 is 1.80 bits per heavy atom. The fourth-order valence-electron chi connectivity index (χ4n) is 0.455. The van der Waals surface area contributed by atoms with E-state index < -0.39 is 0 Å². The van der Waals surface area contributed by atoms with Crippen LogP contribution in [0.5, 0.6) is 0 Å². The van der Waals surface area contributed by atoms with E-state index in [1.165, 1.54) is 4.80 Å². The minimum Gasteiger partial charge on any atom is -0.290 e. The Kier molecular flexibility index (Phi) is 2.10. The van der Waals surface area contributed by atoms with Crippen molar-refractivity contribution in [2.75, 3.05) is 5.33 Å². The molecule has 0 saturated heterocycles. The molecule has 0 spiro atoms. The maximum absolute atomic E-state index is 10.8. The van der Waals surface area contributed by atoms with E-state index in [0.717, 1.165) is 0 Å². The van der Waals surface area contributed by atoms with Crippen LogP contribution in [-0.2, 0) is 7.05 Å². The van der Waals surface area contributed by atoms with Crippen molar-refractivity contribution in [2.24, 2.45) is 7.05 Å². The molecule has 0 aliphatic rings. The van der Waals surface area contributed by atoms with E-state index in [0.29, 0.717) is 0 Å². The van der Waals surface area contributed by atoms with Gasteiger partial charge in [0.2, 0.25) is 11.6 Å². The Balaban J connectivity index is 2.85. The van der Waals surface area contributed by atoms with E-state index in [-0.39, 0.29) is 16.9 Å². The van der Waals surface area contributed by atoms with Crippen molar-refractivity contribution in [3.63, 3.8) is 0 Å². The van der Waals surface area contributed by atoms with Crippen LogP contribution in [-0.4, -0.2) is 31.3 Å². The third kappa shape index (κ3) is 1.38. The van der Waals surface area contributed by atoms with Gasteiger partial charge in [-0.1, -0.05) is 15.9 Å². The summed E-state index contributed by atoms with van der Waals surface area (Å²) in [7, 11) is 1.61. The highest BCUT2D eigenvalue weighted by atomic mass is 79.9. The highest BCUT2D eigenvalue weighted by Gasteiger charge is 2.08. The van der Waals surface area contributed by atoms with E-state index in [4.69, 9.17) is 0 Å². The van der Waals surface area contributed by atoms with Gasteiger partial charge in [-0.05, 0) is 5.21 Å². The molecule has 1 aromatic rings. The van der Waals surface area contributed by atoms with E-state index >= 15 is 0 Å². The summed E-state index contributed by atoms with van der Waals surface area (Å²) in [6.45, 7) is 0. The highest BCUT2D eigenvalue weighted by molar-refractivity contribution is 9.09. The van der Waals surface area contributed by atoms with Crippen molar-refractivity contribution >= 4 is 21.7 Å². The molecule has 6 heteroatoms. The van der Waals surface area contributed by atoms with Gasteiger partial charge in [0.15, 0.2) is 0 Å². The zero-order valence-corrected chi connectivity index (χ0v) is 6.87. The lowest BCUT2D eigenvalue weighted by Gasteiger charge is -1.82. The van der Waals surface area contributed by atoms with Crippen LogP contribution in [0.25, 0.3) is 0 Å². The maximum atomic E-state index is 10.8. The SMILES string of the molecule is Cn1nnc(C(=O)CBr)n1. The molecule has 0 bridgehead atoms. The smallest absolute Gasteiger partial charge is 0.241 e. The molecule has 10 heavy (non-hydrogen) atoms. The molecule has 0 atom stereocenters. The monoisotopic (exact) mass is 204 g/mol. The Labute approximate surface area is 65.5 Å². The largest absolute Gasteiger partial charge is 0.290 e. The van der Waals surface area contributed by atoms with Gasteiger partial charge in [-0.25, -0.2) is 0 Å². The molecule has 1 rings (SSSR count). The number of Topliss-reactive ketones (excluding diaryl/α,β-unsaturated/α-hetero) is 1. The summed E-state index contributed by atoms with van der Waals surface area (Å²) in [5.74, 6) is -0.00697. The van der Waals surface area contributed by atoms with Crippen LogP contribution < -0.4 is 0 Å². The summed E-state index contributed by atoms with van der Waals surface area (Å²) >= 11 is 2.99. The molecular weight excluding hydrogens is 200 g/mol. The minimum atomic E-state index is -0.159. The molecule has 0 amide bonds. The van der Waals surface area contributed by atoms with Crippen LogP contribution in [0.2, 0.25) is 0 Å². The number of carbonyl (C=O) groups excluding carboxylic acids is 1. The average Bonchev–Trinajstić information content (AvgIpc) is 2.34. The normalized spacial score (nSPS) is 9.80. The first-order chi connectivity index (χ1) is 4.74. The van der Waals surface area contributed by atoms with Crippen molar-refractivity contribution < 1.29 is 4.79 Å². The summed E-state index contributed by atoms with van der Waals surface area (Å²) < 4.78 is 0. The van der Waals surface area contributed by atoms with Gasteiger partial charge < -0.3 is 0 Å². The number of aryl methyl sites for hydroxylation is 1. The molecule has 1 heterocycles. The van der Waals surface area contributed by atoms with Gasteiger partial charge in [0.05, 0.1) is 12.4 Å². The van der Waals surface area contributed by atoms with Crippen LogP contribution in [0.1, 0.15) is 10.6 Å². The summed E-state index contributed by atoms with van der Waals surface area (Å²) in [5.41, 5.74) is 0. The number of ketones is 1. The van der Waals surface area contributed by atoms with Gasteiger partial charge in [-0.15, -0.1) is 10.2 Å². The zero-order chi connectivity index (χ0) is 7.56. The van der Waals surface area contributed by atoms with Gasteiger partial charge >= 0.3 is 0 Å². The summed E-state index contributed by atoms with van der Waals surface area (Å²) in [4.78, 5) is 12.0. The van der Waals surface area contributed by atoms with Gasteiger partial charge in [0, 0.05) is 0 Å². The molecule has 0 fully saturated rings. The summed E-state index contributed by atoms with van der Waals surface area (Å²) in [6.07, 6.45) is 0. The van der Waals surface area contributed by atoms with Crippen LogP contribution in [0, 0.1) is 0 Å². The van der Waals surface area contributed by atoms with Gasteiger partial charge in [0.25, 0.3) is 0 Å². The zero-order valence-electron chi connectivity index (χ0n) is 5.28. The number of halogens is 1. The second-order valence-electron chi connectivity index (χ2n) is 1.66. The lowest BCUT2D eigenvalue weighted by molar-refractivity contribution is 0.101. The third-order valence-electron chi connectivity index (χ3n) is 0.879. The van der Waals surface area contributed by atoms with Crippen LogP contribution in [0.15, 0.2) is 0 Å². The van der Waals surface area contributed by atoms with Crippen LogP contribution in [0.4, 0.5) is 0 Å². The van der Waals surface area contributed by atoms with Crippen molar-refractivity contribution in [3.05, 3.63) is 5.82 Å². The predicted octanol–water partition coefficient (Wildman–Crippen LogP) is -0.212. The van der Waals surface area contributed by atoms with E-state index in [1.54, 1.807) is 7.05 Å². The molecule has 0 aliphatic heterocycles. The Morgan fingerprint density at radius 2 is 2.50 bits per heavy atom. The molecule has 0 aliphatic carbocycles. The fraction of sp³-hybridized carbons (Fsp3) is 0.500. The summed E-state index contributed by atoms with van der Waals surface area (Å²) in [5, 5.41) is 10.9. The molecule has 0 unspecified atom stereocenters. The first-order valence-electron chi connectivity index (χ1n) is 2.57. The molecule has 0 radical (unpaired) electrons. The lowest BCUT2D eigenvalue weighted by atomic mass is 10.4. The number of rotatable bonds is 2. The second-order valence-corrected chi connectivity index (χ2v) is 2.22. The van der Waals surface area contributed by atoms with Gasteiger partial charge in [-0.3, -0.25) is 4.79 Å². The quantitative estimate of drug-likeness (QED) is 0.495. The number of carbonyl (C=O) groups is 1. The second kappa shape index (κ2) is 2.87. The molecule has 5 nitrogen and oxygen atoms in total. The number of alkyl halides is 1. The fourth-order valence-corrected chi connectivity index (χ4v) is 0.706. The average molecular weight is 205 g/mol. The number of aromatic nitrogens is 4. The predicted molar refractivity (Wildman–Crippen MR) is 36.9 cm³/mol. The van der Waals surface area contributed by atoms with Gasteiger partial charge in [0.1, 0.15) is 0 Å². The first kappa shape index (κ1) is 7.33. The van der Waals surface area contributed by atoms with Crippen molar-refractivity contribution in [1.82, 2.24) is 20.2 Å². The number of hydrogen-bond acceptors (Lipinski definition) is 4. The number of tetrazole rings is 1. The standard InChI is InChI=1S/C4H5BrN4O/c1-9-7-4(6-8-9)3(10)2-5/h2H2,1H3. The Bertz CT molecular complexity index is 245. The maximum Gasteiger partial charge on any atom is 0.241 e. The van der Waals surface area contributed by atoms with Crippen molar-refractivity contribution in [3.8, 4) is 0 Å². The van der Waals surface area contributed by atoms with Crippen molar-refractivity contribution in [2.45, 2.75) is 0 Å². The van der Waals surface area contributed by atoms with Crippen molar-refractivity contribution in [1.29, 1.82) is 0 Å². The Hall–Kier alpha value is -0.780. The lowest BCUT2D eigenvalue weighted by Crippen LogP contribution is -2.03. The Morgan fingerprint density at radius 3 is 2.90 bits per heavy atom. The minimum absolute atomic E-state index is 0.152. The third-order valence-corrected chi connectivity index (χ3v) is 1.39. The molecule has 0 aromatic carbocycles.